The molecule has 0 bridgehead atoms. The number of hydrogen-bond acceptors (Lipinski definition) is 1. The second kappa shape index (κ2) is 4.33. The Bertz CT molecular complexity index is 392. The van der Waals surface area contributed by atoms with Gasteiger partial charge < -0.3 is 5.32 Å². The lowest BCUT2D eigenvalue weighted by Gasteiger charge is -2.24. The van der Waals surface area contributed by atoms with Crippen LogP contribution < -0.4 is 5.32 Å². The molecule has 1 aliphatic heterocycles. The van der Waals surface area contributed by atoms with Crippen LogP contribution in [-0.2, 0) is 12.6 Å². The molecule has 1 aromatic rings. The third kappa shape index (κ3) is 3.00. The molecule has 1 nitrogen and oxygen atoms in total. The standard InChI is InChI=1S/C13H16F3N/c1-12(6-3-7-17-12)9-10-4-2-5-11(8-10)13(14,15)16/h2,4-5,8,17H,3,6-7,9H2,1H3/t12-/m0/s1. The van der Waals surface area contributed by atoms with E-state index in [1.807, 2.05) is 0 Å². The van der Waals surface area contributed by atoms with Crippen molar-refractivity contribution < 1.29 is 13.2 Å². The molecular formula is C13H16F3N. The Morgan fingerprint density at radius 3 is 2.71 bits per heavy atom. The van der Waals surface area contributed by atoms with Crippen molar-refractivity contribution >= 4 is 0 Å². The normalized spacial score (nSPS) is 25.2. The molecule has 94 valence electrons. The third-order valence-electron chi connectivity index (χ3n) is 3.31. The van der Waals surface area contributed by atoms with E-state index in [2.05, 4.69) is 12.2 Å². The minimum absolute atomic E-state index is 0.0514. The lowest BCUT2D eigenvalue weighted by atomic mass is 9.91. The van der Waals surface area contributed by atoms with Gasteiger partial charge in [-0.3, -0.25) is 0 Å². The van der Waals surface area contributed by atoms with Crippen LogP contribution in [0.3, 0.4) is 0 Å². The minimum atomic E-state index is -4.25. The largest absolute Gasteiger partial charge is 0.416 e. The predicted octanol–water partition coefficient (Wildman–Crippen LogP) is 3.39. The van der Waals surface area contributed by atoms with Crippen molar-refractivity contribution in [3.63, 3.8) is 0 Å². The Hall–Kier alpha value is -1.03. The van der Waals surface area contributed by atoms with Crippen LogP contribution in [0.25, 0.3) is 0 Å². The van der Waals surface area contributed by atoms with Crippen molar-refractivity contribution in [3.05, 3.63) is 35.4 Å². The van der Waals surface area contributed by atoms with E-state index in [0.717, 1.165) is 31.0 Å². The first-order valence-electron chi connectivity index (χ1n) is 5.80. The molecule has 0 aliphatic carbocycles. The highest BCUT2D eigenvalue weighted by Crippen LogP contribution is 2.31. The van der Waals surface area contributed by atoms with E-state index in [1.165, 1.54) is 12.1 Å². The molecule has 0 radical (unpaired) electrons. The van der Waals surface area contributed by atoms with Gasteiger partial charge in [0, 0.05) is 5.54 Å². The maximum atomic E-state index is 12.6. The zero-order chi connectivity index (χ0) is 12.5. The Labute approximate surface area is 99.0 Å². The van der Waals surface area contributed by atoms with Gasteiger partial charge in [-0.1, -0.05) is 18.2 Å². The Morgan fingerprint density at radius 2 is 2.12 bits per heavy atom. The molecule has 17 heavy (non-hydrogen) atoms. The fourth-order valence-corrected chi connectivity index (χ4v) is 2.42. The van der Waals surface area contributed by atoms with Crippen LogP contribution in [0.15, 0.2) is 24.3 Å². The van der Waals surface area contributed by atoms with Crippen LogP contribution in [0.2, 0.25) is 0 Å². The lowest BCUT2D eigenvalue weighted by Crippen LogP contribution is -2.38. The van der Waals surface area contributed by atoms with Crippen molar-refractivity contribution in [1.82, 2.24) is 5.32 Å². The zero-order valence-electron chi connectivity index (χ0n) is 9.77. The molecule has 1 N–H and O–H groups in total. The van der Waals surface area contributed by atoms with Crippen molar-refractivity contribution in [1.29, 1.82) is 0 Å². The summed E-state index contributed by atoms with van der Waals surface area (Å²) < 4.78 is 37.7. The maximum absolute atomic E-state index is 12.6. The van der Waals surface area contributed by atoms with E-state index in [4.69, 9.17) is 0 Å². The molecule has 0 saturated carbocycles. The number of hydrogen-bond donors (Lipinski definition) is 1. The zero-order valence-corrected chi connectivity index (χ0v) is 9.77. The second-order valence-corrected chi connectivity index (χ2v) is 4.97. The quantitative estimate of drug-likeness (QED) is 0.839. The Balaban J connectivity index is 2.17. The molecule has 0 aromatic heterocycles. The van der Waals surface area contributed by atoms with E-state index in [9.17, 15) is 13.2 Å². The van der Waals surface area contributed by atoms with Gasteiger partial charge in [-0.05, 0) is 44.4 Å². The van der Waals surface area contributed by atoms with E-state index in [0.29, 0.717) is 6.42 Å². The summed E-state index contributed by atoms with van der Waals surface area (Å²) in [4.78, 5) is 0. The number of nitrogens with one attached hydrogen (secondary N) is 1. The molecular weight excluding hydrogens is 227 g/mol. The van der Waals surface area contributed by atoms with Gasteiger partial charge in [-0.25, -0.2) is 0 Å². The topological polar surface area (TPSA) is 12.0 Å². The number of rotatable bonds is 2. The number of alkyl halides is 3. The van der Waals surface area contributed by atoms with Gasteiger partial charge in [0.05, 0.1) is 5.56 Å². The highest BCUT2D eigenvalue weighted by molar-refractivity contribution is 5.27. The summed E-state index contributed by atoms with van der Waals surface area (Å²) in [5.41, 5.74) is 0.137. The summed E-state index contributed by atoms with van der Waals surface area (Å²) in [5, 5.41) is 3.36. The van der Waals surface area contributed by atoms with Crippen LogP contribution >= 0.6 is 0 Å². The smallest absolute Gasteiger partial charge is 0.311 e. The summed E-state index contributed by atoms with van der Waals surface area (Å²) in [6.07, 6.45) is -1.49. The van der Waals surface area contributed by atoms with Crippen LogP contribution in [0, 0.1) is 0 Å². The SMILES string of the molecule is C[C@@]1(Cc2cccc(C(F)(F)F)c2)CCCN1. The van der Waals surface area contributed by atoms with E-state index in [-0.39, 0.29) is 5.54 Å². The van der Waals surface area contributed by atoms with E-state index in [1.54, 1.807) is 6.07 Å². The molecule has 1 atom stereocenters. The molecule has 0 amide bonds. The summed E-state index contributed by atoms with van der Waals surface area (Å²) in [7, 11) is 0. The van der Waals surface area contributed by atoms with Crippen molar-refractivity contribution in [3.8, 4) is 0 Å². The first-order valence-corrected chi connectivity index (χ1v) is 5.80. The molecule has 4 heteroatoms. The highest BCUT2D eigenvalue weighted by atomic mass is 19.4. The van der Waals surface area contributed by atoms with Crippen molar-refractivity contribution in [2.24, 2.45) is 0 Å². The fraction of sp³-hybridized carbons (Fsp3) is 0.538. The molecule has 0 unspecified atom stereocenters. The van der Waals surface area contributed by atoms with E-state index >= 15 is 0 Å². The highest BCUT2D eigenvalue weighted by Gasteiger charge is 2.32. The predicted molar refractivity (Wildman–Crippen MR) is 60.8 cm³/mol. The first-order chi connectivity index (χ1) is 7.89. The third-order valence-corrected chi connectivity index (χ3v) is 3.31. The molecule has 1 heterocycles. The Morgan fingerprint density at radius 1 is 1.35 bits per heavy atom. The molecule has 1 fully saturated rings. The average molecular weight is 243 g/mol. The fourth-order valence-electron chi connectivity index (χ4n) is 2.42. The van der Waals surface area contributed by atoms with E-state index < -0.39 is 11.7 Å². The molecule has 1 saturated heterocycles. The monoisotopic (exact) mass is 243 g/mol. The number of benzene rings is 1. The van der Waals surface area contributed by atoms with Gasteiger partial charge in [-0.15, -0.1) is 0 Å². The van der Waals surface area contributed by atoms with Crippen LogP contribution in [0.5, 0.6) is 0 Å². The summed E-state index contributed by atoms with van der Waals surface area (Å²) in [5.74, 6) is 0. The van der Waals surface area contributed by atoms with Crippen molar-refractivity contribution in [2.45, 2.75) is 37.9 Å². The molecule has 0 spiro atoms. The average Bonchev–Trinajstić information content (AvgIpc) is 2.64. The van der Waals surface area contributed by atoms with Gasteiger partial charge in [0.15, 0.2) is 0 Å². The number of halogens is 3. The van der Waals surface area contributed by atoms with Gasteiger partial charge in [0.25, 0.3) is 0 Å². The van der Waals surface area contributed by atoms with Crippen LogP contribution in [-0.4, -0.2) is 12.1 Å². The van der Waals surface area contributed by atoms with Gasteiger partial charge in [0.1, 0.15) is 0 Å². The molecule has 1 aromatic carbocycles. The molecule has 2 rings (SSSR count). The second-order valence-electron chi connectivity index (χ2n) is 4.97. The minimum Gasteiger partial charge on any atom is -0.311 e. The van der Waals surface area contributed by atoms with Gasteiger partial charge in [0.2, 0.25) is 0 Å². The maximum Gasteiger partial charge on any atom is 0.416 e. The lowest BCUT2D eigenvalue weighted by molar-refractivity contribution is -0.137. The summed E-state index contributed by atoms with van der Waals surface area (Å²) in [6.45, 7) is 3.02. The van der Waals surface area contributed by atoms with Gasteiger partial charge >= 0.3 is 6.18 Å². The first kappa shape index (κ1) is 12.4. The summed E-state index contributed by atoms with van der Waals surface area (Å²) >= 11 is 0. The molecule has 1 aliphatic rings. The Kier molecular flexibility index (Phi) is 3.17. The van der Waals surface area contributed by atoms with Crippen molar-refractivity contribution in [2.75, 3.05) is 6.54 Å². The summed E-state index contributed by atoms with van der Waals surface area (Å²) in [6, 6.07) is 5.62. The van der Waals surface area contributed by atoms with Crippen LogP contribution in [0.1, 0.15) is 30.9 Å². The van der Waals surface area contributed by atoms with Crippen LogP contribution in [0.4, 0.5) is 13.2 Å². The van der Waals surface area contributed by atoms with Gasteiger partial charge in [-0.2, -0.15) is 13.2 Å².